The summed E-state index contributed by atoms with van der Waals surface area (Å²) in [6.07, 6.45) is 3.25. The summed E-state index contributed by atoms with van der Waals surface area (Å²) in [5.74, 6) is 0. The van der Waals surface area contributed by atoms with Crippen LogP contribution in [0.25, 0.3) is 0 Å². The molecule has 0 amide bonds. The maximum atomic E-state index is 12.7. The number of anilines is 1. The number of hydrogen-bond acceptors (Lipinski definition) is 4. The van der Waals surface area contributed by atoms with Crippen molar-refractivity contribution in [2.45, 2.75) is 18.4 Å². The zero-order valence-electron chi connectivity index (χ0n) is 11.7. The maximum absolute atomic E-state index is 12.7. The summed E-state index contributed by atoms with van der Waals surface area (Å²) in [6.45, 7) is 1.91. The fraction of sp³-hybridized carbons (Fsp3) is 0.214. The molecule has 7 heteroatoms. The van der Waals surface area contributed by atoms with Crippen molar-refractivity contribution >= 4 is 27.3 Å². The van der Waals surface area contributed by atoms with Gasteiger partial charge in [0.25, 0.3) is 0 Å². The van der Waals surface area contributed by atoms with Gasteiger partial charge in [0.2, 0.25) is 10.0 Å². The van der Waals surface area contributed by atoms with Gasteiger partial charge >= 0.3 is 0 Å². The number of nitrogens with two attached hydrogens (primary N) is 1. The monoisotopic (exact) mass is 325 g/mol. The number of rotatable bonds is 4. The zero-order valence-corrected chi connectivity index (χ0v) is 13.3. The number of pyridine rings is 1. The van der Waals surface area contributed by atoms with Crippen LogP contribution in [0.2, 0.25) is 5.02 Å². The normalized spacial score (nSPS) is 11.8. The topological polar surface area (TPSA) is 76.3 Å². The Bertz CT molecular complexity index is 748. The molecule has 0 aliphatic heterocycles. The van der Waals surface area contributed by atoms with Crippen molar-refractivity contribution in [3.63, 3.8) is 0 Å². The lowest BCUT2D eigenvalue weighted by Crippen LogP contribution is -2.27. The SMILES string of the molecule is Cc1c(N)cc(Cl)cc1S(=O)(=O)N(C)Cc1ccncc1. The number of nitrogen functional groups attached to an aromatic ring is 1. The quantitative estimate of drug-likeness (QED) is 0.876. The molecule has 1 heterocycles. The van der Waals surface area contributed by atoms with E-state index in [4.69, 9.17) is 17.3 Å². The summed E-state index contributed by atoms with van der Waals surface area (Å²) < 4.78 is 26.6. The number of nitrogens with zero attached hydrogens (tertiary/aromatic N) is 2. The van der Waals surface area contributed by atoms with Crippen LogP contribution in [0.15, 0.2) is 41.6 Å². The molecule has 21 heavy (non-hydrogen) atoms. The molecule has 112 valence electrons. The van der Waals surface area contributed by atoms with Crippen LogP contribution in [0, 0.1) is 6.92 Å². The molecule has 0 atom stereocenters. The van der Waals surface area contributed by atoms with E-state index in [0.717, 1.165) is 5.56 Å². The Morgan fingerprint density at radius 1 is 1.29 bits per heavy atom. The number of halogens is 1. The van der Waals surface area contributed by atoms with Crippen molar-refractivity contribution < 1.29 is 8.42 Å². The van der Waals surface area contributed by atoms with Crippen LogP contribution in [-0.2, 0) is 16.6 Å². The number of benzene rings is 1. The van der Waals surface area contributed by atoms with Crippen LogP contribution in [0.5, 0.6) is 0 Å². The fourth-order valence-electron chi connectivity index (χ4n) is 1.94. The smallest absolute Gasteiger partial charge is 0.243 e. The first kappa shape index (κ1) is 15.8. The van der Waals surface area contributed by atoms with Crippen molar-refractivity contribution in [3.8, 4) is 0 Å². The Kier molecular flexibility index (Phi) is 4.51. The first-order chi connectivity index (χ1) is 9.82. The Morgan fingerprint density at radius 2 is 1.90 bits per heavy atom. The molecule has 0 aliphatic carbocycles. The van der Waals surface area contributed by atoms with Crippen LogP contribution in [0.4, 0.5) is 5.69 Å². The minimum atomic E-state index is -3.66. The molecule has 0 saturated carbocycles. The van der Waals surface area contributed by atoms with Gasteiger partial charge in [-0.3, -0.25) is 4.98 Å². The number of aromatic nitrogens is 1. The highest BCUT2D eigenvalue weighted by atomic mass is 35.5. The molecule has 0 aliphatic rings. The summed E-state index contributed by atoms with van der Waals surface area (Å²) in [7, 11) is -2.14. The molecule has 0 saturated heterocycles. The van der Waals surface area contributed by atoms with Crippen LogP contribution >= 0.6 is 11.6 Å². The molecule has 1 aromatic carbocycles. The second kappa shape index (κ2) is 6.01. The molecular weight excluding hydrogens is 310 g/mol. The zero-order chi connectivity index (χ0) is 15.6. The van der Waals surface area contributed by atoms with Gasteiger partial charge in [-0.15, -0.1) is 0 Å². The first-order valence-corrected chi connectivity index (χ1v) is 8.05. The van der Waals surface area contributed by atoms with Gasteiger partial charge in [0, 0.05) is 36.7 Å². The van der Waals surface area contributed by atoms with Gasteiger partial charge in [-0.25, -0.2) is 8.42 Å². The first-order valence-electron chi connectivity index (χ1n) is 6.23. The molecule has 1 aromatic heterocycles. The average Bonchev–Trinajstić information content (AvgIpc) is 2.43. The highest BCUT2D eigenvalue weighted by Crippen LogP contribution is 2.28. The average molecular weight is 326 g/mol. The van der Waals surface area contributed by atoms with E-state index in [1.807, 2.05) is 0 Å². The lowest BCUT2D eigenvalue weighted by molar-refractivity contribution is 0.466. The van der Waals surface area contributed by atoms with E-state index < -0.39 is 10.0 Å². The van der Waals surface area contributed by atoms with Crippen molar-refractivity contribution in [1.29, 1.82) is 0 Å². The van der Waals surface area contributed by atoms with Crippen molar-refractivity contribution in [2.75, 3.05) is 12.8 Å². The second-order valence-electron chi connectivity index (χ2n) is 4.73. The molecule has 0 unspecified atom stereocenters. The lowest BCUT2D eigenvalue weighted by Gasteiger charge is -2.19. The molecule has 0 radical (unpaired) electrons. The third kappa shape index (κ3) is 3.34. The van der Waals surface area contributed by atoms with Gasteiger partial charge in [0.1, 0.15) is 0 Å². The third-order valence-corrected chi connectivity index (χ3v) is 5.36. The molecule has 2 N–H and O–H groups in total. The summed E-state index contributed by atoms with van der Waals surface area (Å²) in [4.78, 5) is 4.04. The Labute approximate surface area is 129 Å². The van der Waals surface area contributed by atoms with E-state index in [1.54, 1.807) is 37.5 Å². The maximum Gasteiger partial charge on any atom is 0.243 e. The van der Waals surface area contributed by atoms with E-state index in [0.29, 0.717) is 16.3 Å². The molecule has 0 bridgehead atoms. The predicted octanol–water partition coefficient (Wildman–Crippen LogP) is 2.45. The lowest BCUT2D eigenvalue weighted by atomic mass is 10.2. The molecule has 2 rings (SSSR count). The van der Waals surface area contributed by atoms with Gasteiger partial charge in [-0.05, 0) is 42.3 Å². The van der Waals surface area contributed by atoms with E-state index in [-0.39, 0.29) is 11.4 Å². The Hall–Kier alpha value is -1.63. The standard InChI is InChI=1S/C14H16ClN3O2S/c1-10-13(16)7-12(15)8-14(10)21(19,20)18(2)9-11-3-5-17-6-4-11/h3-8H,9,16H2,1-2H3. The van der Waals surface area contributed by atoms with Crippen LogP contribution < -0.4 is 5.73 Å². The van der Waals surface area contributed by atoms with Crippen molar-refractivity contribution in [3.05, 3.63) is 52.8 Å². The van der Waals surface area contributed by atoms with Gasteiger partial charge < -0.3 is 5.73 Å². The molecular formula is C14H16ClN3O2S. The molecule has 5 nitrogen and oxygen atoms in total. The molecule has 0 spiro atoms. The molecule has 2 aromatic rings. The van der Waals surface area contributed by atoms with Gasteiger partial charge in [0.15, 0.2) is 0 Å². The highest BCUT2D eigenvalue weighted by molar-refractivity contribution is 7.89. The second-order valence-corrected chi connectivity index (χ2v) is 7.18. The minimum absolute atomic E-state index is 0.129. The summed E-state index contributed by atoms with van der Waals surface area (Å²) in [6, 6.07) is 6.50. The molecule has 0 fully saturated rings. The van der Waals surface area contributed by atoms with Crippen molar-refractivity contribution in [2.24, 2.45) is 0 Å². The van der Waals surface area contributed by atoms with Crippen LogP contribution in [0.3, 0.4) is 0 Å². The van der Waals surface area contributed by atoms with E-state index in [1.165, 1.54) is 17.4 Å². The largest absolute Gasteiger partial charge is 0.398 e. The Morgan fingerprint density at radius 3 is 2.52 bits per heavy atom. The van der Waals surface area contributed by atoms with Gasteiger partial charge in [-0.1, -0.05) is 11.6 Å². The Balaban J connectivity index is 2.38. The van der Waals surface area contributed by atoms with Gasteiger partial charge in [-0.2, -0.15) is 4.31 Å². The van der Waals surface area contributed by atoms with E-state index in [9.17, 15) is 8.42 Å². The predicted molar refractivity (Wildman–Crippen MR) is 83.5 cm³/mol. The summed E-state index contributed by atoms with van der Waals surface area (Å²) in [5, 5.41) is 0.300. The van der Waals surface area contributed by atoms with Crippen molar-refractivity contribution in [1.82, 2.24) is 9.29 Å². The number of sulfonamides is 1. The highest BCUT2D eigenvalue weighted by Gasteiger charge is 2.24. The van der Waals surface area contributed by atoms with E-state index in [2.05, 4.69) is 4.98 Å². The minimum Gasteiger partial charge on any atom is -0.398 e. The summed E-state index contributed by atoms with van der Waals surface area (Å²) in [5.41, 5.74) is 7.51. The fourth-order valence-corrected chi connectivity index (χ4v) is 3.67. The van der Waals surface area contributed by atoms with Crippen LogP contribution in [0.1, 0.15) is 11.1 Å². The number of hydrogen-bond donors (Lipinski definition) is 1. The van der Waals surface area contributed by atoms with Crippen LogP contribution in [-0.4, -0.2) is 24.8 Å². The van der Waals surface area contributed by atoms with E-state index >= 15 is 0 Å². The van der Waals surface area contributed by atoms with Gasteiger partial charge in [0.05, 0.1) is 4.90 Å². The third-order valence-electron chi connectivity index (χ3n) is 3.21. The summed E-state index contributed by atoms with van der Waals surface area (Å²) >= 11 is 5.92.